The Morgan fingerprint density at radius 2 is 2.11 bits per heavy atom. The largest absolute Gasteiger partial charge is 0.451 e. The SMILES string of the molecule is CCN(OC)C(=O)OC. The summed E-state index contributed by atoms with van der Waals surface area (Å²) in [5.41, 5.74) is 0. The standard InChI is InChI=1S/C5H11NO3/c1-4-6(9-3)5(7)8-2/h4H2,1-3H3. The van der Waals surface area contributed by atoms with Gasteiger partial charge in [0.1, 0.15) is 0 Å². The van der Waals surface area contributed by atoms with Gasteiger partial charge in [0, 0.05) is 6.54 Å². The minimum atomic E-state index is -0.472. The predicted molar refractivity (Wildman–Crippen MR) is 31.8 cm³/mol. The highest BCUT2D eigenvalue weighted by atomic mass is 16.7. The quantitative estimate of drug-likeness (QED) is 0.519. The number of ether oxygens (including phenoxy) is 1. The Balaban J connectivity index is 3.64. The molecule has 0 atom stereocenters. The molecule has 0 N–H and O–H groups in total. The second kappa shape index (κ2) is 4.14. The van der Waals surface area contributed by atoms with Gasteiger partial charge in [0.15, 0.2) is 0 Å². The summed E-state index contributed by atoms with van der Waals surface area (Å²) >= 11 is 0. The number of amides is 1. The van der Waals surface area contributed by atoms with Crippen molar-refractivity contribution in [2.45, 2.75) is 6.92 Å². The van der Waals surface area contributed by atoms with E-state index in [0.717, 1.165) is 5.06 Å². The molecule has 0 bridgehead atoms. The lowest BCUT2D eigenvalue weighted by atomic mass is 10.7. The van der Waals surface area contributed by atoms with E-state index in [2.05, 4.69) is 9.57 Å². The summed E-state index contributed by atoms with van der Waals surface area (Å²) in [5, 5.41) is 1.11. The van der Waals surface area contributed by atoms with Gasteiger partial charge in [-0.3, -0.25) is 4.84 Å². The first-order chi connectivity index (χ1) is 4.26. The zero-order chi connectivity index (χ0) is 7.28. The molecule has 0 aromatic rings. The lowest BCUT2D eigenvalue weighted by molar-refractivity contribution is -0.102. The topological polar surface area (TPSA) is 38.8 Å². The maximum absolute atomic E-state index is 10.6. The van der Waals surface area contributed by atoms with Gasteiger partial charge in [-0.1, -0.05) is 0 Å². The Morgan fingerprint density at radius 3 is 2.22 bits per heavy atom. The third-order valence-corrected chi connectivity index (χ3v) is 0.886. The fraction of sp³-hybridized carbons (Fsp3) is 0.800. The van der Waals surface area contributed by atoms with Crippen molar-refractivity contribution in [3.63, 3.8) is 0 Å². The van der Waals surface area contributed by atoms with E-state index < -0.39 is 6.09 Å². The molecule has 0 aromatic carbocycles. The summed E-state index contributed by atoms with van der Waals surface area (Å²) < 4.78 is 4.36. The van der Waals surface area contributed by atoms with Crippen LogP contribution < -0.4 is 0 Å². The molecule has 0 aliphatic rings. The fourth-order valence-electron chi connectivity index (χ4n) is 0.435. The molecule has 0 fully saturated rings. The van der Waals surface area contributed by atoms with Crippen LogP contribution in [0.3, 0.4) is 0 Å². The van der Waals surface area contributed by atoms with Crippen LogP contribution >= 0.6 is 0 Å². The average molecular weight is 133 g/mol. The molecule has 4 nitrogen and oxygen atoms in total. The van der Waals surface area contributed by atoms with Gasteiger partial charge >= 0.3 is 6.09 Å². The van der Waals surface area contributed by atoms with E-state index in [1.54, 1.807) is 6.92 Å². The molecule has 0 saturated heterocycles. The first kappa shape index (κ1) is 8.23. The van der Waals surface area contributed by atoms with E-state index in [1.807, 2.05) is 0 Å². The number of carbonyl (C=O) groups is 1. The van der Waals surface area contributed by atoms with E-state index in [1.165, 1.54) is 14.2 Å². The zero-order valence-corrected chi connectivity index (χ0v) is 5.88. The van der Waals surface area contributed by atoms with Gasteiger partial charge in [-0.2, -0.15) is 5.06 Å². The van der Waals surface area contributed by atoms with Crippen LogP contribution in [-0.2, 0) is 9.57 Å². The number of carbonyl (C=O) groups excluding carboxylic acids is 1. The number of rotatable bonds is 2. The summed E-state index contributed by atoms with van der Waals surface area (Å²) in [5.74, 6) is 0. The molecular weight excluding hydrogens is 122 g/mol. The fourth-order valence-corrected chi connectivity index (χ4v) is 0.435. The predicted octanol–water partition coefficient (Wildman–Crippen LogP) is 0.636. The summed E-state index contributed by atoms with van der Waals surface area (Å²) in [6.07, 6.45) is -0.472. The van der Waals surface area contributed by atoms with Gasteiger partial charge in [-0.05, 0) is 6.92 Å². The summed E-state index contributed by atoms with van der Waals surface area (Å²) in [7, 11) is 2.73. The molecule has 0 unspecified atom stereocenters. The van der Waals surface area contributed by atoms with Crippen LogP contribution in [0.2, 0.25) is 0 Å². The zero-order valence-electron chi connectivity index (χ0n) is 5.88. The van der Waals surface area contributed by atoms with Crippen LogP contribution in [0.1, 0.15) is 6.92 Å². The number of hydrogen-bond acceptors (Lipinski definition) is 3. The lowest BCUT2D eigenvalue weighted by Crippen LogP contribution is -2.29. The molecule has 0 spiro atoms. The van der Waals surface area contributed by atoms with Gasteiger partial charge in [-0.15, -0.1) is 0 Å². The van der Waals surface area contributed by atoms with Crippen molar-refractivity contribution >= 4 is 6.09 Å². The van der Waals surface area contributed by atoms with Gasteiger partial charge in [-0.25, -0.2) is 4.79 Å². The molecule has 0 saturated carbocycles. The van der Waals surface area contributed by atoms with Gasteiger partial charge in [0.2, 0.25) is 0 Å². The second-order valence-electron chi connectivity index (χ2n) is 1.35. The third-order valence-electron chi connectivity index (χ3n) is 0.886. The first-order valence-corrected chi connectivity index (χ1v) is 2.65. The molecule has 0 aromatic heterocycles. The minimum absolute atomic E-state index is 0.472. The summed E-state index contributed by atoms with van der Waals surface area (Å²) in [4.78, 5) is 15.2. The van der Waals surface area contributed by atoms with Crippen LogP contribution in [0, 0.1) is 0 Å². The van der Waals surface area contributed by atoms with Gasteiger partial charge in [0.05, 0.1) is 14.2 Å². The summed E-state index contributed by atoms with van der Waals surface area (Å²) in [6, 6.07) is 0. The highest BCUT2D eigenvalue weighted by Crippen LogP contribution is 1.90. The van der Waals surface area contributed by atoms with Crippen molar-refractivity contribution < 1.29 is 14.4 Å². The Morgan fingerprint density at radius 1 is 1.56 bits per heavy atom. The molecule has 0 rings (SSSR count). The Bertz CT molecular complexity index is 90.2. The average Bonchev–Trinajstić information content (AvgIpc) is 1.90. The van der Waals surface area contributed by atoms with E-state index in [0.29, 0.717) is 6.54 Å². The smallest absolute Gasteiger partial charge is 0.433 e. The number of hydroxylamine groups is 2. The molecule has 0 heterocycles. The molecule has 4 heteroatoms. The minimum Gasteiger partial charge on any atom is -0.451 e. The number of hydrogen-bond donors (Lipinski definition) is 0. The van der Waals surface area contributed by atoms with E-state index in [4.69, 9.17) is 0 Å². The highest BCUT2D eigenvalue weighted by Gasteiger charge is 2.08. The second-order valence-corrected chi connectivity index (χ2v) is 1.35. The maximum Gasteiger partial charge on any atom is 0.433 e. The van der Waals surface area contributed by atoms with Crippen LogP contribution in [0.4, 0.5) is 4.79 Å². The molecule has 1 amide bonds. The van der Waals surface area contributed by atoms with Crippen LogP contribution in [-0.4, -0.2) is 31.9 Å². The van der Waals surface area contributed by atoms with Crippen molar-refractivity contribution in [1.29, 1.82) is 0 Å². The number of nitrogens with zero attached hydrogens (tertiary/aromatic N) is 1. The molecule has 54 valence electrons. The Kier molecular flexibility index (Phi) is 3.79. The van der Waals surface area contributed by atoms with E-state index in [-0.39, 0.29) is 0 Å². The van der Waals surface area contributed by atoms with Crippen molar-refractivity contribution in [2.75, 3.05) is 20.8 Å². The van der Waals surface area contributed by atoms with Crippen molar-refractivity contribution in [2.24, 2.45) is 0 Å². The monoisotopic (exact) mass is 133 g/mol. The number of methoxy groups -OCH3 is 1. The molecule has 0 radical (unpaired) electrons. The van der Waals surface area contributed by atoms with Crippen molar-refractivity contribution in [3.8, 4) is 0 Å². The Labute approximate surface area is 54.3 Å². The van der Waals surface area contributed by atoms with Crippen molar-refractivity contribution in [1.82, 2.24) is 5.06 Å². The lowest BCUT2D eigenvalue weighted by Gasteiger charge is -2.14. The Hall–Kier alpha value is -0.770. The normalized spacial score (nSPS) is 8.78. The molecular formula is C5H11NO3. The first-order valence-electron chi connectivity index (χ1n) is 2.65. The van der Waals surface area contributed by atoms with E-state index in [9.17, 15) is 4.79 Å². The van der Waals surface area contributed by atoms with Gasteiger partial charge < -0.3 is 4.74 Å². The van der Waals surface area contributed by atoms with Crippen LogP contribution in [0.15, 0.2) is 0 Å². The summed E-state index contributed by atoms with van der Waals surface area (Å²) in [6.45, 7) is 2.28. The molecule has 9 heavy (non-hydrogen) atoms. The highest BCUT2D eigenvalue weighted by molar-refractivity contribution is 5.65. The van der Waals surface area contributed by atoms with E-state index >= 15 is 0 Å². The van der Waals surface area contributed by atoms with Gasteiger partial charge in [0.25, 0.3) is 0 Å². The van der Waals surface area contributed by atoms with Crippen LogP contribution in [0.25, 0.3) is 0 Å². The third kappa shape index (κ3) is 2.32. The van der Waals surface area contributed by atoms with Crippen LogP contribution in [0.5, 0.6) is 0 Å². The molecule has 0 aliphatic heterocycles. The maximum atomic E-state index is 10.6. The van der Waals surface area contributed by atoms with Crippen molar-refractivity contribution in [3.05, 3.63) is 0 Å². The molecule has 0 aliphatic carbocycles.